The Morgan fingerprint density at radius 3 is 2.38 bits per heavy atom. The summed E-state index contributed by atoms with van der Waals surface area (Å²) in [7, 11) is 0. The van der Waals surface area contributed by atoms with Gasteiger partial charge in [-0.2, -0.15) is 0 Å². The van der Waals surface area contributed by atoms with Crippen LogP contribution in [0, 0.1) is 5.41 Å². The Hall–Kier alpha value is -2.56. The molecule has 0 heterocycles. The van der Waals surface area contributed by atoms with E-state index in [4.69, 9.17) is 9.47 Å². The first kappa shape index (κ1) is 22.7. The SMILES string of the molecule is CC(=O)O[C@H]1C/C=C(\C)CCCC(C)(C)[C@H](OC(=O)c2ccc(O)cc2)C=C1C. The Morgan fingerprint density at radius 1 is 1.10 bits per heavy atom. The van der Waals surface area contributed by atoms with Crippen molar-refractivity contribution in [1.29, 1.82) is 0 Å². The molecular weight excluding hydrogens is 368 g/mol. The van der Waals surface area contributed by atoms with Gasteiger partial charge >= 0.3 is 11.9 Å². The van der Waals surface area contributed by atoms with E-state index < -0.39 is 12.1 Å². The van der Waals surface area contributed by atoms with Gasteiger partial charge in [0.15, 0.2) is 0 Å². The molecular formula is C24H32O5. The van der Waals surface area contributed by atoms with Crippen molar-refractivity contribution in [3.8, 4) is 5.75 Å². The molecule has 1 aliphatic carbocycles. The molecule has 0 unspecified atom stereocenters. The van der Waals surface area contributed by atoms with Crippen LogP contribution in [-0.2, 0) is 14.3 Å². The van der Waals surface area contributed by atoms with E-state index in [1.165, 1.54) is 24.6 Å². The number of benzene rings is 1. The molecule has 0 saturated heterocycles. The summed E-state index contributed by atoms with van der Waals surface area (Å²) in [5, 5.41) is 9.45. The maximum absolute atomic E-state index is 12.7. The third-order valence-corrected chi connectivity index (χ3v) is 5.41. The van der Waals surface area contributed by atoms with Gasteiger partial charge in [-0.15, -0.1) is 0 Å². The van der Waals surface area contributed by atoms with Crippen LogP contribution in [0.1, 0.15) is 70.7 Å². The lowest BCUT2D eigenvalue weighted by Gasteiger charge is -2.33. The Kier molecular flexibility index (Phi) is 7.66. The predicted molar refractivity (Wildman–Crippen MR) is 113 cm³/mol. The van der Waals surface area contributed by atoms with Crippen molar-refractivity contribution in [3.05, 3.63) is 53.1 Å². The Bertz CT molecular complexity index is 786. The van der Waals surface area contributed by atoms with Crippen LogP contribution >= 0.6 is 0 Å². The second kappa shape index (κ2) is 9.77. The molecule has 2 atom stereocenters. The number of aromatic hydroxyl groups is 1. The van der Waals surface area contributed by atoms with Crippen LogP contribution in [0.4, 0.5) is 0 Å². The first-order valence-corrected chi connectivity index (χ1v) is 10.1. The summed E-state index contributed by atoms with van der Waals surface area (Å²) >= 11 is 0. The van der Waals surface area contributed by atoms with Crippen LogP contribution in [0.25, 0.3) is 0 Å². The molecule has 5 nitrogen and oxygen atoms in total. The van der Waals surface area contributed by atoms with E-state index in [1.807, 2.05) is 13.0 Å². The van der Waals surface area contributed by atoms with Gasteiger partial charge in [-0.1, -0.05) is 25.5 Å². The molecule has 0 saturated carbocycles. The van der Waals surface area contributed by atoms with Crippen LogP contribution in [0.2, 0.25) is 0 Å². The number of carbonyl (C=O) groups is 2. The van der Waals surface area contributed by atoms with Gasteiger partial charge in [0.2, 0.25) is 0 Å². The summed E-state index contributed by atoms with van der Waals surface area (Å²) < 4.78 is 11.4. The van der Waals surface area contributed by atoms with Crippen molar-refractivity contribution in [2.24, 2.45) is 5.41 Å². The van der Waals surface area contributed by atoms with Crippen molar-refractivity contribution >= 4 is 11.9 Å². The van der Waals surface area contributed by atoms with E-state index >= 15 is 0 Å². The van der Waals surface area contributed by atoms with E-state index in [0.717, 1.165) is 24.8 Å². The number of phenols is 1. The number of rotatable bonds is 3. The van der Waals surface area contributed by atoms with E-state index in [1.54, 1.807) is 12.1 Å². The number of allylic oxidation sites excluding steroid dienone is 1. The molecule has 0 radical (unpaired) electrons. The van der Waals surface area contributed by atoms with Crippen LogP contribution in [0.5, 0.6) is 5.75 Å². The first-order chi connectivity index (χ1) is 13.6. The lowest BCUT2D eigenvalue weighted by atomic mass is 9.80. The van der Waals surface area contributed by atoms with Gasteiger partial charge in [-0.05, 0) is 69.0 Å². The lowest BCUT2D eigenvalue weighted by molar-refractivity contribution is -0.144. The van der Waals surface area contributed by atoms with Crippen LogP contribution in [0.3, 0.4) is 0 Å². The lowest BCUT2D eigenvalue weighted by Crippen LogP contribution is -2.33. The largest absolute Gasteiger partial charge is 0.508 e. The molecule has 1 aromatic carbocycles. The van der Waals surface area contributed by atoms with Crippen LogP contribution < -0.4 is 0 Å². The molecule has 0 bridgehead atoms. The smallest absolute Gasteiger partial charge is 0.338 e. The summed E-state index contributed by atoms with van der Waals surface area (Å²) in [6.45, 7) is 9.58. The highest BCUT2D eigenvalue weighted by Crippen LogP contribution is 2.34. The highest BCUT2D eigenvalue weighted by molar-refractivity contribution is 5.89. The number of esters is 2. The van der Waals surface area contributed by atoms with Gasteiger partial charge < -0.3 is 14.6 Å². The third kappa shape index (κ3) is 6.77. The molecule has 158 valence electrons. The molecule has 0 fully saturated rings. The molecule has 1 aliphatic rings. The minimum Gasteiger partial charge on any atom is -0.508 e. The van der Waals surface area contributed by atoms with Gasteiger partial charge in [-0.3, -0.25) is 4.79 Å². The fraction of sp³-hybridized carbons (Fsp3) is 0.500. The molecule has 29 heavy (non-hydrogen) atoms. The maximum atomic E-state index is 12.7. The van der Waals surface area contributed by atoms with Gasteiger partial charge in [0.25, 0.3) is 0 Å². The summed E-state index contributed by atoms with van der Waals surface area (Å²) in [6, 6.07) is 6.01. The topological polar surface area (TPSA) is 72.8 Å². The number of hydrogen-bond acceptors (Lipinski definition) is 5. The molecule has 0 aliphatic heterocycles. The fourth-order valence-electron chi connectivity index (χ4n) is 3.45. The predicted octanol–water partition coefficient (Wildman–Crippen LogP) is 5.34. The molecule has 5 heteroatoms. The fourth-order valence-corrected chi connectivity index (χ4v) is 3.45. The molecule has 1 aromatic rings. The molecule has 0 aromatic heterocycles. The van der Waals surface area contributed by atoms with Crippen molar-refractivity contribution in [2.75, 3.05) is 0 Å². The second-order valence-electron chi connectivity index (χ2n) is 8.51. The van der Waals surface area contributed by atoms with Crippen molar-refractivity contribution in [1.82, 2.24) is 0 Å². The summed E-state index contributed by atoms with van der Waals surface area (Å²) in [4.78, 5) is 24.3. The zero-order valence-corrected chi connectivity index (χ0v) is 18.0. The standard InChI is InChI=1S/C24H32O5/c1-16-7-6-14-24(4,5)22(15-17(2)21(13-8-16)28-18(3)25)29-23(27)19-9-11-20(26)12-10-19/h8-12,15,21-22,26H,6-7,13-14H2,1-5H3/b16-8+,17-15?/t21-,22+/m0/s1. The van der Waals surface area contributed by atoms with Crippen LogP contribution in [-0.4, -0.2) is 29.3 Å². The number of phenolic OH excluding ortho intramolecular Hbond substituents is 1. The quantitative estimate of drug-likeness (QED) is 0.547. The average molecular weight is 401 g/mol. The van der Waals surface area contributed by atoms with Gasteiger partial charge in [0, 0.05) is 18.8 Å². The van der Waals surface area contributed by atoms with Crippen LogP contribution in [0.15, 0.2) is 47.6 Å². The minimum absolute atomic E-state index is 0.0969. The van der Waals surface area contributed by atoms with E-state index in [-0.39, 0.29) is 23.2 Å². The zero-order chi connectivity index (χ0) is 21.6. The average Bonchev–Trinajstić information content (AvgIpc) is 2.65. The van der Waals surface area contributed by atoms with Crippen molar-refractivity contribution in [3.63, 3.8) is 0 Å². The van der Waals surface area contributed by atoms with Gasteiger partial charge in [0.1, 0.15) is 18.0 Å². The molecule has 0 spiro atoms. The number of carbonyl (C=O) groups excluding carboxylic acids is 2. The van der Waals surface area contributed by atoms with Crippen molar-refractivity contribution in [2.45, 2.75) is 72.5 Å². The second-order valence-corrected chi connectivity index (χ2v) is 8.51. The summed E-state index contributed by atoms with van der Waals surface area (Å²) in [5.74, 6) is -0.680. The summed E-state index contributed by atoms with van der Waals surface area (Å²) in [6.07, 6.45) is 6.61. The van der Waals surface area contributed by atoms with E-state index in [0.29, 0.717) is 12.0 Å². The normalized spacial score (nSPS) is 24.3. The number of hydrogen-bond donors (Lipinski definition) is 1. The first-order valence-electron chi connectivity index (χ1n) is 10.1. The third-order valence-electron chi connectivity index (χ3n) is 5.41. The summed E-state index contributed by atoms with van der Waals surface area (Å²) in [5.41, 5.74) is 2.22. The molecule has 2 rings (SSSR count). The highest BCUT2D eigenvalue weighted by Gasteiger charge is 2.32. The minimum atomic E-state index is -0.472. The number of ether oxygens (including phenoxy) is 2. The van der Waals surface area contributed by atoms with Gasteiger partial charge in [0.05, 0.1) is 5.56 Å². The monoisotopic (exact) mass is 400 g/mol. The highest BCUT2D eigenvalue weighted by atomic mass is 16.5. The van der Waals surface area contributed by atoms with E-state index in [9.17, 15) is 14.7 Å². The maximum Gasteiger partial charge on any atom is 0.338 e. The van der Waals surface area contributed by atoms with Crippen molar-refractivity contribution < 1.29 is 24.2 Å². The molecule has 0 amide bonds. The Morgan fingerprint density at radius 2 is 1.76 bits per heavy atom. The zero-order valence-electron chi connectivity index (χ0n) is 18.0. The molecule has 1 N–H and O–H groups in total. The van der Waals surface area contributed by atoms with E-state index in [2.05, 4.69) is 26.8 Å². The Balaban J connectivity index is 2.34. The van der Waals surface area contributed by atoms with Gasteiger partial charge in [-0.25, -0.2) is 4.79 Å². The Labute approximate surface area is 173 Å².